The molecule has 0 saturated carbocycles. The van der Waals surface area contributed by atoms with Gasteiger partial charge in [-0.2, -0.15) is 0 Å². The molecule has 0 saturated heterocycles. The van der Waals surface area contributed by atoms with Crippen molar-refractivity contribution in [2.45, 2.75) is 71.8 Å². The smallest absolute Gasteiger partial charge is 0.305 e. The first-order valence-electron chi connectivity index (χ1n) is 8.53. The van der Waals surface area contributed by atoms with Crippen LogP contribution in [0.4, 0.5) is 0 Å². The summed E-state index contributed by atoms with van der Waals surface area (Å²) in [6, 6.07) is 0.435. The van der Waals surface area contributed by atoms with Gasteiger partial charge in [0.1, 0.15) is 0 Å². The van der Waals surface area contributed by atoms with Crippen LogP contribution < -0.4 is 10.6 Å². The van der Waals surface area contributed by atoms with Crippen molar-refractivity contribution in [3.63, 3.8) is 0 Å². The predicted octanol–water partition coefficient (Wildman–Crippen LogP) is 3.10. The molecule has 0 aromatic heterocycles. The molecule has 0 fully saturated rings. The number of rotatable bonds is 11. The summed E-state index contributed by atoms with van der Waals surface area (Å²) in [4.78, 5) is 15.2. The highest BCUT2D eigenvalue weighted by atomic mass is 16.5. The van der Waals surface area contributed by atoms with Crippen LogP contribution in [0.15, 0.2) is 4.99 Å². The number of hydrogen-bond acceptors (Lipinski definition) is 3. The van der Waals surface area contributed by atoms with Gasteiger partial charge in [0, 0.05) is 26.1 Å². The zero-order valence-corrected chi connectivity index (χ0v) is 15.1. The van der Waals surface area contributed by atoms with Crippen molar-refractivity contribution in [3.8, 4) is 0 Å². The van der Waals surface area contributed by atoms with Crippen molar-refractivity contribution >= 4 is 11.9 Å². The highest BCUT2D eigenvalue weighted by Gasteiger charge is 2.05. The lowest BCUT2D eigenvalue weighted by molar-refractivity contribution is -0.140. The highest BCUT2D eigenvalue weighted by molar-refractivity contribution is 5.79. The summed E-state index contributed by atoms with van der Waals surface area (Å²) >= 11 is 0. The van der Waals surface area contributed by atoms with Crippen molar-refractivity contribution in [2.75, 3.05) is 20.7 Å². The van der Waals surface area contributed by atoms with Gasteiger partial charge < -0.3 is 15.4 Å². The molecule has 0 aromatic rings. The molecule has 5 heteroatoms. The topological polar surface area (TPSA) is 62.7 Å². The fourth-order valence-electron chi connectivity index (χ4n) is 2.21. The number of nitrogens with zero attached hydrogens (tertiary/aromatic N) is 1. The number of esters is 1. The Bertz CT molecular complexity index is 317. The number of aliphatic imine (C=N–C) groups is 1. The average molecular weight is 313 g/mol. The third-order valence-corrected chi connectivity index (χ3v) is 3.60. The molecule has 0 amide bonds. The second kappa shape index (κ2) is 13.4. The predicted molar refractivity (Wildman–Crippen MR) is 93.1 cm³/mol. The Labute approximate surface area is 136 Å². The number of methoxy groups -OCH3 is 1. The molecule has 0 spiro atoms. The van der Waals surface area contributed by atoms with E-state index in [1.165, 1.54) is 20.0 Å². The van der Waals surface area contributed by atoms with Crippen molar-refractivity contribution in [1.82, 2.24) is 10.6 Å². The summed E-state index contributed by atoms with van der Waals surface area (Å²) < 4.78 is 4.62. The van der Waals surface area contributed by atoms with Crippen LogP contribution in [0.25, 0.3) is 0 Å². The lowest BCUT2D eigenvalue weighted by Crippen LogP contribution is -2.42. The van der Waals surface area contributed by atoms with E-state index in [1.54, 1.807) is 7.05 Å². The minimum atomic E-state index is -0.124. The molecular formula is C17H35N3O2. The van der Waals surface area contributed by atoms with Crippen molar-refractivity contribution in [3.05, 3.63) is 0 Å². The molecule has 0 heterocycles. The number of hydrogen-bond donors (Lipinski definition) is 2. The lowest BCUT2D eigenvalue weighted by Gasteiger charge is -2.18. The molecule has 130 valence electrons. The van der Waals surface area contributed by atoms with Crippen LogP contribution in [-0.4, -0.2) is 38.7 Å². The molecule has 0 aliphatic rings. The first kappa shape index (κ1) is 20.7. The third kappa shape index (κ3) is 12.5. The van der Waals surface area contributed by atoms with Crippen molar-refractivity contribution in [2.24, 2.45) is 10.9 Å². The molecule has 5 nitrogen and oxygen atoms in total. The van der Waals surface area contributed by atoms with Gasteiger partial charge in [-0.15, -0.1) is 0 Å². The Morgan fingerprint density at radius 1 is 1.09 bits per heavy atom. The monoisotopic (exact) mass is 313 g/mol. The molecular weight excluding hydrogens is 278 g/mol. The molecule has 2 N–H and O–H groups in total. The van der Waals surface area contributed by atoms with Crippen LogP contribution in [-0.2, 0) is 9.53 Å². The molecule has 0 rings (SSSR count). The normalized spacial score (nSPS) is 13.1. The molecule has 0 bridgehead atoms. The van der Waals surface area contributed by atoms with E-state index in [0.717, 1.165) is 44.1 Å². The Kier molecular flexibility index (Phi) is 12.6. The first-order valence-corrected chi connectivity index (χ1v) is 8.53. The standard InChI is InChI=1S/C17H35N3O2/c1-14(2)10-9-11-15(3)20-17(18-4)19-13-8-6-7-12-16(21)22-5/h14-15H,6-13H2,1-5H3,(H2,18,19,20). The van der Waals surface area contributed by atoms with Crippen molar-refractivity contribution in [1.29, 1.82) is 0 Å². The van der Waals surface area contributed by atoms with E-state index < -0.39 is 0 Å². The molecule has 0 radical (unpaired) electrons. The summed E-state index contributed by atoms with van der Waals surface area (Å²) in [6.07, 6.45) is 7.12. The van der Waals surface area contributed by atoms with Gasteiger partial charge in [-0.1, -0.05) is 33.1 Å². The zero-order chi connectivity index (χ0) is 16.8. The number of ether oxygens (including phenoxy) is 1. The molecule has 1 atom stereocenters. The Balaban J connectivity index is 3.68. The Morgan fingerprint density at radius 2 is 1.82 bits per heavy atom. The number of guanidine groups is 1. The molecule has 1 unspecified atom stereocenters. The van der Waals surface area contributed by atoms with E-state index in [0.29, 0.717) is 12.5 Å². The quantitative estimate of drug-likeness (QED) is 0.266. The molecule has 22 heavy (non-hydrogen) atoms. The van der Waals surface area contributed by atoms with E-state index in [9.17, 15) is 4.79 Å². The molecule has 0 aliphatic heterocycles. The van der Waals surface area contributed by atoms with Gasteiger partial charge in [-0.3, -0.25) is 9.79 Å². The van der Waals surface area contributed by atoms with Crippen LogP contribution in [0.3, 0.4) is 0 Å². The maximum absolute atomic E-state index is 11.0. The third-order valence-electron chi connectivity index (χ3n) is 3.60. The maximum Gasteiger partial charge on any atom is 0.305 e. The SMILES string of the molecule is CN=C(NCCCCCC(=O)OC)NC(C)CCCC(C)C. The van der Waals surface area contributed by atoms with E-state index in [-0.39, 0.29) is 5.97 Å². The molecule has 0 aromatic carbocycles. The Hall–Kier alpha value is -1.26. The number of carbonyl (C=O) groups excluding carboxylic acids is 1. The maximum atomic E-state index is 11.0. The minimum Gasteiger partial charge on any atom is -0.469 e. The summed E-state index contributed by atoms with van der Waals surface area (Å²) in [6.45, 7) is 7.60. The van der Waals surface area contributed by atoms with Crippen LogP contribution in [0, 0.1) is 5.92 Å². The second-order valence-electron chi connectivity index (χ2n) is 6.26. The van der Waals surface area contributed by atoms with E-state index in [4.69, 9.17) is 0 Å². The zero-order valence-electron chi connectivity index (χ0n) is 15.1. The lowest BCUT2D eigenvalue weighted by atomic mass is 10.0. The summed E-state index contributed by atoms with van der Waals surface area (Å²) in [7, 11) is 3.23. The number of carbonyl (C=O) groups is 1. The van der Waals surface area contributed by atoms with Gasteiger partial charge in [0.15, 0.2) is 5.96 Å². The molecule has 0 aliphatic carbocycles. The fourth-order valence-corrected chi connectivity index (χ4v) is 2.21. The largest absolute Gasteiger partial charge is 0.469 e. The summed E-state index contributed by atoms with van der Waals surface area (Å²) in [5, 5.41) is 6.75. The van der Waals surface area contributed by atoms with Gasteiger partial charge in [0.25, 0.3) is 0 Å². The van der Waals surface area contributed by atoms with Crippen LogP contribution in [0.1, 0.15) is 65.7 Å². The summed E-state index contributed by atoms with van der Waals surface area (Å²) in [5.41, 5.74) is 0. The highest BCUT2D eigenvalue weighted by Crippen LogP contribution is 2.08. The minimum absolute atomic E-state index is 0.124. The van der Waals surface area contributed by atoms with Gasteiger partial charge >= 0.3 is 5.97 Å². The number of nitrogens with one attached hydrogen (secondary N) is 2. The van der Waals surface area contributed by atoms with Crippen LogP contribution in [0.2, 0.25) is 0 Å². The van der Waals surface area contributed by atoms with E-state index in [1.807, 2.05) is 0 Å². The second-order valence-corrected chi connectivity index (χ2v) is 6.26. The van der Waals surface area contributed by atoms with E-state index in [2.05, 4.69) is 41.1 Å². The van der Waals surface area contributed by atoms with Gasteiger partial charge in [0.05, 0.1) is 7.11 Å². The van der Waals surface area contributed by atoms with Crippen molar-refractivity contribution < 1.29 is 9.53 Å². The van der Waals surface area contributed by atoms with Crippen LogP contribution >= 0.6 is 0 Å². The summed E-state index contributed by atoms with van der Waals surface area (Å²) in [5.74, 6) is 1.51. The van der Waals surface area contributed by atoms with Crippen LogP contribution in [0.5, 0.6) is 0 Å². The number of unbranched alkanes of at least 4 members (excludes halogenated alkanes) is 2. The van der Waals surface area contributed by atoms with E-state index >= 15 is 0 Å². The first-order chi connectivity index (χ1) is 10.5. The van der Waals surface area contributed by atoms with Gasteiger partial charge in [-0.25, -0.2) is 0 Å². The van der Waals surface area contributed by atoms with Gasteiger partial charge in [-0.05, 0) is 32.1 Å². The fraction of sp³-hybridized carbons (Fsp3) is 0.882. The Morgan fingerprint density at radius 3 is 2.41 bits per heavy atom. The van der Waals surface area contributed by atoms with Gasteiger partial charge in [0.2, 0.25) is 0 Å². The average Bonchev–Trinajstić information content (AvgIpc) is 2.48.